The zero-order valence-electron chi connectivity index (χ0n) is 17.9. The molecular formula is C22H25ClN4O4S. The van der Waals surface area contributed by atoms with E-state index < -0.39 is 10.0 Å². The molecule has 1 N–H and O–H groups in total. The van der Waals surface area contributed by atoms with E-state index in [1.54, 1.807) is 24.7 Å². The van der Waals surface area contributed by atoms with Crippen molar-refractivity contribution < 1.29 is 17.9 Å². The molecule has 0 unspecified atom stereocenters. The van der Waals surface area contributed by atoms with E-state index in [2.05, 4.69) is 10.3 Å². The van der Waals surface area contributed by atoms with Crippen LogP contribution in [0.3, 0.4) is 0 Å². The van der Waals surface area contributed by atoms with E-state index in [-0.39, 0.29) is 18.9 Å². The Labute approximate surface area is 192 Å². The van der Waals surface area contributed by atoms with Crippen LogP contribution in [-0.4, -0.2) is 43.8 Å². The normalized spacial score (nSPS) is 11.2. The van der Waals surface area contributed by atoms with Gasteiger partial charge in [-0.1, -0.05) is 23.7 Å². The molecule has 170 valence electrons. The zero-order chi connectivity index (χ0) is 23.1. The van der Waals surface area contributed by atoms with Crippen molar-refractivity contribution in [2.24, 2.45) is 0 Å². The van der Waals surface area contributed by atoms with Gasteiger partial charge >= 0.3 is 0 Å². The van der Waals surface area contributed by atoms with Crippen molar-refractivity contribution >= 4 is 33.2 Å². The standard InChI is InChI=1S/C22H25ClN4O4S/c1-31-21-10-9-19(14-20(21)23)27(32(2,29)30)12-3-4-22(28)25-15-17-5-7-18(8-6-17)26-13-11-24-16-26/h5-11,13-14,16H,3-4,12,15H2,1-2H3,(H,25,28). The highest BCUT2D eigenvalue weighted by atomic mass is 35.5. The molecule has 10 heteroatoms. The molecule has 0 aliphatic carbocycles. The lowest BCUT2D eigenvalue weighted by Crippen LogP contribution is -2.32. The summed E-state index contributed by atoms with van der Waals surface area (Å²) >= 11 is 6.13. The van der Waals surface area contributed by atoms with Crippen LogP contribution in [0.25, 0.3) is 5.69 Å². The Kier molecular flexibility index (Phi) is 7.76. The second-order valence-electron chi connectivity index (χ2n) is 7.17. The van der Waals surface area contributed by atoms with Crippen molar-refractivity contribution in [2.45, 2.75) is 19.4 Å². The Bertz CT molecular complexity index is 1150. The summed E-state index contributed by atoms with van der Waals surface area (Å²) in [5.74, 6) is 0.311. The molecule has 0 radical (unpaired) electrons. The molecule has 2 aromatic carbocycles. The molecule has 3 aromatic rings. The van der Waals surface area contributed by atoms with Crippen molar-refractivity contribution in [1.29, 1.82) is 0 Å². The summed E-state index contributed by atoms with van der Waals surface area (Å²) < 4.78 is 32.7. The minimum Gasteiger partial charge on any atom is -0.495 e. The number of aromatic nitrogens is 2. The summed E-state index contributed by atoms with van der Waals surface area (Å²) in [5.41, 5.74) is 2.38. The number of halogens is 1. The number of methoxy groups -OCH3 is 1. The highest BCUT2D eigenvalue weighted by Gasteiger charge is 2.19. The molecule has 3 rings (SSSR count). The Morgan fingerprint density at radius 2 is 1.97 bits per heavy atom. The number of benzene rings is 2. The minimum atomic E-state index is -3.53. The molecule has 0 fully saturated rings. The van der Waals surface area contributed by atoms with E-state index >= 15 is 0 Å². The van der Waals surface area contributed by atoms with Crippen LogP contribution in [0.15, 0.2) is 61.2 Å². The average Bonchev–Trinajstić information content (AvgIpc) is 3.30. The number of hydrogen-bond acceptors (Lipinski definition) is 5. The van der Waals surface area contributed by atoms with E-state index in [9.17, 15) is 13.2 Å². The fourth-order valence-electron chi connectivity index (χ4n) is 3.17. The number of carbonyl (C=O) groups is 1. The number of nitrogens with zero attached hydrogens (tertiary/aromatic N) is 3. The van der Waals surface area contributed by atoms with Crippen LogP contribution < -0.4 is 14.4 Å². The third-order valence-corrected chi connectivity index (χ3v) is 6.31. The number of carbonyl (C=O) groups excluding carboxylic acids is 1. The van der Waals surface area contributed by atoms with Crippen LogP contribution in [0.2, 0.25) is 5.02 Å². The van der Waals surface area contributed by atoms with Crippen molar-refractivity contribution in [3.8, 4) is 11.4 Å². The van der Waals surface area contributed by atoms with Crippen molar-refractivity contribution in [1.82, 2.24) is 14.9 Å². The number of ether oxygens (including phenoxy) is 1. The van der Waals surface area contributed by atoms with E-state index in [0.29, 0.717) is 29.4 Å². The van der Waals surface area contributed by atoms with Crippen LogP contribution in [0, 0.1) is 0 Å². The van der Waals surface area contributed by atoms with Gasteiger partial charge in [0.05, 0.1) is 30.4 Å². The van der Waals surface area contributed by atoms with Gasteiger partial charge in [0.2, 0.25) is 15.9 Å². The lowest BCUT2D eigenvalue weighted by atomic mass is 10.2. The van der Waals surface area contributed by atoms with Gasteiger partial charge in [0, 0.05) is 37.6 Å². The third kappa shape index (κ3) is 6.24. The van der Waals surface area contributed by atoms with E-state index in [1.165, 1.54) is 17.5 Å². The predicted octanol–water partition coefficient (Wildman–Crippen LogP) is 3.40. The fourth-order valence-corrected chi connectivity index (χ4v) is 4.38. The van der Waals surface area contributed by atoms with Crippen molar-refractivity contribution in [2.75, 3.05) is 24.2 Å². The minimum absolute atomic E-state index is 0.148. The first-order valence-electron chi connectivity index (χ1n) is 9.93. The lowest BCUT2D eigenvalue weighted by molar-refractivity contribution is -0.121. The molecule has 0 aliphatic heterocycles. The van der Waals surface area contributed by atoms with Crippen molar-refractivity contribution in [3.05, 3.63) is 71.8 Å². The number of anilines is 1. The lowest BCUT2D eigenvalue weighted by Gasteiger charge is -2.23. The topological polar surface area (TPSA) is 93.5 Å². The molecule has 1 amide bonds. The molecular weight excluding hydrogens is 452 g/mol. The summed E-state index contributed by atoms with van der Waals surface area (Å²) in [4.78, 5) is 16.3. The molecule has 0 atom stereocenters. The third-order valence-electron chi connectivity index (χ3n) is 4.82. The molecule has 1 aromatic heterocycles. The molecule has 8 nitrogen and oxygen atoms in total. The van der Waals surface area contributed by atoms with E-state index in [4.69, 9.17) is 16.3 Å². The molecule has 0 bridgehead atoms. The Morgan fingerprint density at radius 3 is 2.56 bits per heavy atom. The average molecular weight is 477 g/mol. The maximum absolute atomic E-state index is 12.2. The van der Waals surface area contributed by atoms with Gasteiger partial charge in [-0.3, -0.25) is 9.10 Å². The maximum Gasteiger partial charge on any atom is 0.232 e. The van der Waals surface area contributed by atoms with Gasteiger partial charge in [0.25, 0.3) is 0 Å². The number of hydrogen-bond donors (Lipinski definition) is 1. The highest BCUT2D eigenvalue weighted by Crippen LogP contribution is 2.30. The first-order chi connectivity index (χ1) is 15.3. The van der Waals surface area contributed by atoms with Gasteiger partial charge in [-0.2, -0.15) is 0 Å². The SMILES string of the molecule is COc1ccc(N(CCCC(=O)NCc2ccc(-n3ccnc3)cc2)S(C)(=O)=O)cc1Cl. The first-order valence-corrected chi connectivity index (χ1v) is 12.2. The number of sulfonamides is 1. The number of imidazole rings is 1. The predicted molar refractivity (Wildman–Crippen MR) is 125 cm³/mol. The van der Waals surface area contributed by atoms with Gasteiger partial charge in [-0.25, -0.2) is 13.4 Å². The Morgan fingerprint density at radius 1 is 1.22 bits per heavy atom. The highest BCUT2D eigenvalue weighted by molar-refractivity contribution is 7.92. The van der Waals surface area contributed by atoms with E-state index in [1.807, 2.05) is 35.0 Å². The van der Waals surface area contributed by atoms with Gasteiger partial charge < -0.3 is 14.6 Å². The summed E-state index contributed by atoms with van der Waals surface area (Å²) in [6.45, 7) is 0.557. The summed E-state index contributed by atoms with van der Waals surface area (Å²) in [6.07, 6.45) is 6.97. The smallest absolute Gasteiger partial charge is 0.232 e. The largest absolute Gasteiger partial charge is 0.495 e. The van der Waals surface area contributed by atoms with Crippen LogP contribution in [0.1, 0.15) is 18.4 Å². The monoisotopic (exact) mass is 476 g/mol. The fraction of sp³-hybridized carbons (Fsp3) is 0.273. The summed E-state index contributed by atoms with van der Waals surface area (Å²) in [7, 11) is -2.05. The second-order valence-corrected chi connectivity index (χ2v) is 9.48. The summed E-state index contributed by atoms with van der Waals surface area (Å²) in [5, 5.41) is 3.18. The van der Waals surface area contributed by atoms with Crippen LogP contribution in [0.4, 0.5) is 5.69 Å². The summed E-state index contributed by atoms with van der Waals surface area (Å²) in [6, 6.07) is 12.6. The quantitative estimate of drug-likeness (QED) is 0.484. The Hall–Kier alpha value is -3.04. The first kappa shape index (κ1) is 23.6. The molecule has 32 heavy (non-hydrogen) atoms. The van der Waals surface area contributed by atoms with Gasteiger partial charge in [0.15, 0.2) is 0 Å². The molecule has 0 saturated carbocycles. The Balaban J connectivity index is 1.51. The zero-order valence-corrected chi connectivity index (χ0v) is 19.4. The van der Waals surface area contributed by atoms with Crippen LogP contribution in [-0.2, 0) is 21.4 Å². The number of nitrogens with one attached hydrogen (secondary N) is 1. The molecule has 0 saturated heterocycles. The van der Waals surface area contributed by atoms with E-state index in [0.717, 1.165) is 17.5 Å². The van der Waals surface area contributed by atoms with Crippen LogP contribution >= 0.6 is 11.6 Å². The second kappa shape index (κ2) is 10.5. The van der Waals surface area contributed by atoms with Gasteiger partial charge in [-0.05, 0) is 42.3 Å². The molecule has 0 aliphatic rings. The number of rotatable bonds is 10. The maximum atomic E-state index is 12.2. The van der Waals surface area contributed by atoms with Gasteiger partial charge in [-0.15, -0.1) is 0 Å². The van der Waals surface area contributed by atoms with Gasteiger partial charge in [0.1, 0.15) is 5.75 Å². The van der Waals surface area contributed by atoms with Crippen LogP contribution in [0.5, 0.6) is 5.75 Å². The molecule has 0 spiro atoms. The molecule has 1 heterocycles. The van der Waals surface area contributed by atoms with Crippen molar-refractivity contribution in [3.63, 3.8) is 0 Å². The number of amides is 1.